The first-order valence-electron chi connectivity index (χ1n) is 13.7. The molecule has 1 aromatic carbocycles. The minimum atomic E-state index is -3.42. The molecule has 0 unspecified atom stereocenters. The summed E-state index contributed by atoms with van der Waals surface area (Å²) in [6.07, 6.45) is 6.62. The second-order valence-electron chi connectivity index (χ2n) is 10.3. The van der Waals surface area contributed by atoms with Crippen molar-refractivity contribution in [3.63, 3.8) is 0 Å². The number of aryl methyl sites for hydroxylation is 1. The molecule has 1 aromatic rings. The molecule has 1 aliphatic carbocycles. The predicted molar refractivity (Wildman–Crippen MR) is 146 cm³/mol. The van der Waals surface area contributed by atoms with Crippen molar-refractivity contribution < 1.29 is 22.7 Å². The second kappa shape index (κ2) is 15.3. The average molecular weight is 537 g/mol. The number of hydrogen-bond acceptors (Lipinski definition) is 7. The number of hydrogen-bond donors (Lipinski definition) is 2. The van der Waals surface area contributed by atoms with Crippen molar-refractivity contribution in [2.75, 3.05) is 45.3 Å². The number of nitrogens with zero attached hydrogens (tertiary/aromatic N) is 2. The van der Waals surface area contributed by atoms with E-state index in [9.17, 15) is 13.2 Å². The first-order chi connectivity index (χ1) is 17.8. The molecule has 0 radical (unpaired) electrons. The summed E-state index contributed by atoms with van der Waals surface area (Å²) >= 11 is 0. The molecule has 0 aromatic heterocycles. The number of sulfonamides is 1. The maximum atomic E-state index is 13.2. The van der Waals surface area contributed by atoms with Crippen LogP contribution in [0.25, 0.3) is 0 Å². The van der Waals surface area contributed by atoms with Crippen LogP contribution in [0.4, 0.5) is 4.79 Å². The van der Waals surface area contributed by atoms with E-state index in [0.717, 1.165) is 29.8 Å². The molecule has 10 heteroatoms. The van der Waals surface area contributed by atoms with Gasteiger partial charge in [-0.2, -0.15) is 0 Å². The summed E-state index contributed by atoms with van der Waals surface area (Å²) < 4.78 is 38.8. The fourth-order valence-electron chi connectivity index (χ4n) is 4.59. The lowest BCUT2D eigenvalue weighted by Gasteiger charge is -2.26. The highest BCUT2D eigenvalue weighted by Gasteiger charge is 2.24. The molecule has 0 spiro atoms. The van der Waals surface area contributed by atoms with Crippen LogP contribution in [0.15, 0.2) is 29.3 Å². The van der Waals surface area contributed by atoms with Crippen molar-refractivity contribution in [3.05, 3.63) is 35.4 Å². The zero-order chi connectivity index (χ0) is 26.5. The summed E-state index contributed by atoms with van der Waals surface area (Å²) in [5.74, 6) is 1.74. The molecule has 0 saturated heterocycles. The summed E-state index contributed by atoms with van der Waals surface area (Å²) in [5, 5.41) is 6.16. The first kappa shape index (κ1) is 29.4. The molecule has 1 amide bonds. The smallest absolute Gasteiger partial charge is 0.407 e. The van der Waals surface area contributed by atoms with Crippen molar-refractivity contribution in [1.82, 2.24) is 14.9 Å². The minimum absolute atomic E-state index is 0.0521. The molecule has 1 heterocycles. The zero-order valence-electron chi connectivity index (χ0n) is 22.4. The van der Waals surface area contributed by atoms with Crippen LogP contribution in [-0.4, -0.2) is 70.0 Å². The Kier molecular flexibility index (Phi) is 12.1. The maximum absolute atomic E-state index is 13.2. The van der Waals surface area contributed by atoms with E-state index >= 15 is 0 Å². The summed E-state index contributed by atoms with van der Waals surface area (Å²) in [5.41, 5.74) is 1.88. The van der Waals surface area contributed by atoms with Crippen LogP contribution in [0.5, 0.6) is 0 Å². The summed E-state index contributed by atoms with van der Waals surface area (Å²) in [4.78, 5) is 16.4. The molecular weight excluding hydrogens is 492 g/mol. The largest absolute Gasteiger partial charge is 0.449 e. The van der Waals surface area contributed by atoms with E-state index in [1.165, 1.54) is 19.3 Å². The lowest BCUT2D eigenvalue weighted by molar-refractivity contribution is 0.132. The summed E-state index contributed by atoms with van der Waals surface area (Å²) in [6.45, 7) is 6.96. The van der Waals surface area contributed by atoms with Gasteiger partial charge in [-0.05, 0) is 42.7 Å². The van der Waals surface area contributed by atoms with Gasteiger partial charge in [-0.3, -0.25) is 0 Å². The molecule has 208 valence electrons. The number of alkyl carbamates (subject to hydrolysis) is 1. The predicted octanol–water partition coefficient (Wildman–Crippen LogP) is 3.69. The van der Waals surface area contributed by atoms with Gasteiger partial charge in [0.2, 0.25) is 10.0 Å². The molecule has 1 aliphatic heterocycles. The van der Waals surface area contributed by atoms with Crippen molar-refractivity contribution in [2.45, 2.75) is 65.3 Å². The number of carbonyl (C=O) groups excluding carboxylic acids is 1. The molecule has 0 atom stereocenters. The summed E-state index contributed by atoms with van der Waals surface area (Å²) in [6, 6.07) is 7.65. The van der Waals surface area contributed by atoms with Gasteiger partial charge in [0.25, 0.3) is 0 Å². The molecule has 1 saturated carbocycles. The highest BCUT2D eigenvalue weighted by molar-refractivity contribution is 7.89. The fraction of sp³-hybridized carbons (Fsp3) is 0.704. The van der Waals surface area contributed by atoms with Crippen LogP contribution in [0.2, 0.25) is 0 Å². The van der Waals surface area contributed by atoms with Gasteiger partial charge in [0.15, 0.2) is 0 Å². The number of amidine groups is 1. The van der Waals surface area contributed by atoms with Gasteiger partial charge >= 0.3 is 6.09 Å². The molecule has 2 aliphatic rings. The van der Waals surface area contributed by atoms with Crippen LogP contribution in [0.1, 0.15) is 63.5 Å². The van der Waals surface area contributed by atoms with E-state index in [1.807, 2.05) is 38.1 Å². The first-order valence-corrected chi connectivity index (χ1v) is 15.3. The van der Waals surface area contributed by atoms with Crippen LogP contribution in [-0.2, 0) is 32.5 Å². The molecule has 37 heavy (non-hydrogen) atoms. The van der Waals surface area contributed by atoms with Gasteiger partial charge in [-0.15, -0.1) is 0 Å². The van der Waals surface area contributed by atoms with E-state index < -0.39 is 16.1 Å². The van der Waals surface area contributed by atoms with Crippen molar-refractivity contribution in [1.29, 1.82) is 0 Å². The van der Waals surface area contributed by atoms with E-state index in [0.29, 0.717) is 64.9 Å². The van der Waals surface area contributed by atoms with E-state index in [-0.39, 0.29) is 11.7 Å². The third-order valence-corrected chi connectivity index (χ3v) is 8.60. The Labute approximate surface area is 222 Å². The van der Waals surface area contributed by atoms with Crippen molar-refractivity contribution >= 4 is 22.0 Å². The second-order valence-corrected chi connectivity index (χ2v) is 12.4. The van der Waals surface area contributed by atoms with Crippen molar-refractivity contribution in [3.8, 4) is 0 Å². The quantitative estimate of drug-likeness (QED) is 0.498. The Balaban J connectivity index is 1.49. The number of amides is 1. The van der Waals surface area contributed by atoms with Crippen LogP contribution < -0.4 is 10.6 Å². The van der Waals surface area contributed by atoms with Gasteiger partial charge in [-0.1, -0.05) is 57.4 Å². The number of nitrogens with one attached hydrogen (secondary N) is 2. The Hall–Kier alpha value is -2.17. The maximum Gasteiger partial charge on any atom is 0.407 e. The minimum Gasteiger partial charge on any atom is -0.449 e. The van der Waals surface area contributed by atoms with Crippen molar-refractivity contribution in [2.24, 2.45) is 16.8 Å². The zero-order valence-corrected chi connectivity index (χ0v) is 23.2. The monoisotopic (exact) mass is 536 g/mol. The molecule has 1 fully saturated rings. The third-order valence-electron chi connectivity index (χ3n) is 6.73. The van der Waals surface area contributed by atoms with Crippen LogP contribution in [0, 0.1) is 11.8 Å². The fourth-order valence-corrected chi connectivity index (χ4v) is 6.12. The highest BCUT2D eigenvalue weighted by Crippen LogP contribution is 2.24. The Morgan fingerprint density at radius 2 is 1.86 bits per heavy atom. The van der Waals surface area contributed by atoms with Gasteiger partial charge in [-0.25, -0.2) is 22.5 Å². The van der Waals surface area contributed by atoms with Crippen LogP contribution >= 0.6 is 0 Å². The Morgan fingerprint density at radius 3 is 2.59 bits per heavy atom. The van der Waals surface area contributed by atoms with Gasteiger partial charge in [0.05, 0.1) is 19.0 Å². The van der Waals surface area contributed by atoms with Crippen LogP contribution in [0.3, 0.4) is 0 Å². The Bertz CT molecular complexity index is 960. The topological polar surface area (TPSA) is 109 Å². The molecular formula is C27H44N4O5S. The van der Waals surface area contributed by atoms with E-state index in [2.05, 4.69) is 15.6 Å². The highest BCUT2D eigenvalue weighted by atomic mass is 32.2. The summed E-state index contributed by atoms with van der Waals surface area (Å²) in [7, 11) is -3.42. The number of ether oxygens (including phenoxy) is 2. The molecule has 3 rings (SSSR count). The SMILES string of the molecule is CC(C)COC(=O)NCc1ccc(CCS(=O)(=O)N2CCCOC/N=C(/C3CCCCC3)NCC2)cc1. The third kappa shape index (κ3) is 10.6. The lowest BCUT2D eigenvalue weighted by Crippen LogP contribution is -2.42. The van der Waals surface area contributed by atoms with Gasteiger partial charge in [0.1, 0.15) is 12.6 Å². The molecule has 9 nitrogen and oxygen atoms in total. The number of carbonyl (C=O) groups is 1. The van der Waals surface area contributed by atoms with Gasteiger partial charge < -0.3 is 20.1 Å². The average Bonchev–Trinajstić information content (AvgIpc) is 2.96. The Morgan fingerprint density at radius 1 is 1.14 bits per heavy atom. The number of aliphatic imine (C=N–C) groups is 1. The number of benzene rings is 1. The standard InChI is InChI=1S/C27H44N4O5S/c1-22(2)20-36-27(32)29-19-24-11-9-23(10-12-24)13-18-37(33,34)31-15-6-17-35-21-30-26(28-14-16-31)25-7-4-3-5-8-25/h9-12,22,25H,3-8,13-21H2,1-2H3,(H,28,30)(H,29,32). The number of rotatable bonds is 9. The normalized spacial score (nSPS) is 20.4. The van der Waals surface area contributed by atoms with Gasteiger partial charge in [0, 0.05) is 32.1 Å². The molecule has 0 bridgehead atoms. The molecule has 2 N–H and O–H groups in total. The van der Waals surface area contributed by atoms with E-state index in [1.54, 1.807) is 4.31 Å². The van der Waals surface area contributed by atoms with E-state index in [4.69, 9.17) is 9.47 Å². The lowest BCUT2D eigenvalue weighted by atomic mass is 9.88.